The molecule has 2 aliphatic rings. The van der Waals surface area contributed by atoms with Gasteiger partial charge in [0.15, 0.2) is 0 Å². The van der Waals surface area contributed by atoms with E-state index in [-0.39, 0.29) is 17.9 Å². The standard InChI is InChI=1S/C17H23ClN2O2/c18-14-5-3-12(4-6-14)16(21)13-7-10-20(11-8-13)17(22)15-2-1-9-19-15/h3-6,13,15-16,19,21H,1-2,7-11H2/t15-,16-/m1/s1. The molecule has 2 N–H and O–H groups in total. The van der Waals surface area contributed by atoms with Crippen LogP contribution >= 0.6 is 11.6 Å². The first-order chi connectivity index (χ1) is 10.6. The number of aliphatic hydroxyl groups is 1. The van der Waals surface area contributed by atoms with Gasteiger partial charge in [-0.3, -0.25) is 4.79 Å². The van der Waals surface area contributed by atoms with Crippen molar-refractivity contribution >= 4 is 17.5 Å². The number of hydrogen-bond donors (Lipinski definition) is 2. The molecule has 0 unspecified atom stereocenters. The highest BCUT2D eigenvalue weighted by Gasteiger charge is 2.32. The van der Waals surface area contributed by atoms with Gasteiger partial charge in [0.1, 0.15) is 0 Å². The van der Waals surface area contributed by atoms with Crippen LogP contribution in [0.1, 0.15) is 37.4 Å². The second-order valence-corrected chi connectivity index (χ2v) is 6.74. The van der Waals surface area contributed by atoms with Gasteiger partial charge in [-0.25, -0.2) is 0 Å². The van der Waals surface area contributed by atoms with E-state index in [0.717, 1.165) is 50.9 Å². The van der Waals surface area contributed by atoms with E-state index in [1.807, 2.05) is 29.2 Å². The summed E-state index contributed by atoms with van der Waals surface area (Å²) in [6.45, 7) is 2.43. The molecule has 2 heterocycles. The topological polar surface area (TPSA) is 52.6 Å². The third kappa shape index (κ3) is 3.45. The third-order valence-electron chi connectivity index (χ3n) is 4.87. The Balaban J connectivity index is 1.54. The van der Waals surface area contributed by atoms with Gasteiger partial charge < -0.3 is 15.3 Å². The number of carbonyl (C=O) groups excluding carboxylic acids is 1. The molecule has 1 aromatic carbocycles. The maximum atomic E-state index is 12.4. The van der Waals surface area contributed by atoms with Gasteiger partial charge >= 0.3 is 0 Å². The quantitative estimate of drug-likeness (QED) is 0.898. The Morgan fingerprint density at radius 3 is 2.50 bits per heavy atom. The van der Waals surface area contributed by atoms with Gasteiger partial charge in [-0.15, -0.1) is 0 Å². The van der Waals surface area contributed by atoms with Crippen molar-refractivity contribution in [3.05, 3.63) is 34.9 Å². The van der Waals surface area contributed by atoms with Gasteiger partial charge in [-0.1, -0.05) is 23.7 Å². The summed E-state index contributed by atoms with van der Waals surface area (Å²) < 4.78 is 0. The predicted octanol–water partition coefficient (Wildman–Crippen LogP) is 2.36. The molecule has 3 rings (SSSR count). The molecule has 2 fully saturated rings. The summed E-state index contributed by atoms with van der Waals surface area (Å²) in [5.41, 5.74) is 0.909. The molecular formula is C17H23ClN2O2. The van der Waals surface area contributed by atoms with E-state index in [1.54, 1.807) is 0 Å². The van der Waals surface area contributed by atoms with Crippen LogP contribution in [0.25, 0.3) is 0 Å². The molecule has 5 heteroatoms. The fourth-order valence-corrected chi connectivity index (χ4v) is 3.61. The number of nitrogens with zero attached hydrogens (tertiary/aromatic N) is 1. The van der Waals surface area contributed by atoms with E-state index < -0.39 is 6.10 Å². The number of rotatable bonds is 3. The van der Waals surface area contributed by atoms with Gasteiger partial charge in [0.25, 0.3) is 0 Å². The molecular weight excluding hydrogens is 300 g/mol. The molecule has 1 aromatic rings. The van der Waals surface area contributed by atoms with Gasteiger partial charge in [-0.2, -0.15) is 0 Å². The maximum absolute atomic E-state index is 12.4. The normalized spacial score (nSPS) is 24.5. The number of piperidine rings is 1. The molecule has 1 amide bonds. The number of benzene rings is 1. The van der Waals surface area contributed by atoms with Crippen molar-refractivity contribution < 1.29 is 9.90 Å². The van der Waals surface area contributed by atoms with E-state index in [9.17, 15) is 9.90 Å². The van der Waals surface area contributed by atoms with Crippen molar-refractivity contribution in [2.75, 3.05) is 19.6 Å². The van der Waals surface area contributed by atoms with Crippen LogP contribution < -0.4 is 5.32 Å². The summed E-state index contributed by atoms with van der Waals surface area (Å²) in [7, 11) is 0. The van der Waals surface area contributed by atoms with E-state index in [4.69, 9.17) is 11.6 Å². The molecule has 2 saturated heterocycles. The van der Waals surface area contributed by atoms with Crippen LogP contribution in [0.2, 0.25) is 5.02 Å². The molecule has 120 valence electrons. The fourth-order valence-electron chi connectivity index (χ4n) is 3.48. The molecule has 0 aromatic heterocycles. The lowest BCUT2D eigenvalue weighted by molar-refractivity contribution is -0.135. The number of amides is 1. The van der Waals surface area contributed by atoms with Crippen LogP contribution in [0.15, 0.2) is 24.3 Å². The highest BCUT2D eigenvalue weighted by atomic mass is 35.5. The van der Waals surface area contributed by atoms with Crippen molar-refractivity contribution in [3.8, 4) is 0 Å². The SMILES string of the molecule is O=C([C@H]1CCCN1)N1CCC([C@H](O)c2ccc(Cl)cc2)CC1. The number of carbonyl (C=O) groups is 1. The molecule has 22 heavy (non-hydrogen) atoms. The summed E-state index contributed by atoms with van der Waals surface area (Å²) in [5.74, 6) is 0.443. The van der Waals surface area contributed by atoms with E-state index >= 15 is 0 Å². The van der Waals surface area contributed by atoms with E-state index in [1.165, 1.54) is 0 Å². The second kappa shape index (κ2) is 6.99. The zero-order chi connectivity index (χ0) is 15.5. The molecule has 2 atom stereocenters. The van der Waals surface area contributed by atoms with Crippen molar-refractivity contribution in [1.82, 2.24) is 10.2 Å². The Bertz CT molecular complexity index is 506. The summed E-state index contributed by atoms with van der Waals surface area (Å²) in [6, 6.07) is 7.40. The molecule has 4 nitrogen and oxygen atoms in total. The van der Waals surface area contributed by atoms with Crippen LogP contribution in [-0.2, 0) is 4.79 Å². The summed E-state index contributed by atoms with van der Waals surface area (Å²) in [4.78, 5) is 14.3. The Hall–Kier alpha value is -1.10. The maximum Gasteiger partial charge on any atom is 0.239 e. The first kappa shape index (κ1) is 15.8. The lowest BCUT2D eigenvalue weighted by Crippen LogP contribution is -2.47. The van der Waals surface area contributed by atoms with Gasteiger partial charge in [0.2, 0.25) is 5.91 Å². The molecule has 0 radical (unpaired) electrons. The minimum Gasteiger partial charge on any atom is -0.388 e. The van der Waals surface area contributed by atoms with Gasteiger partial charge in [0, 0.05) is 18.1 Å². The number of hydrogen-bond acceptors (Lipinski definition) is 3. The Morgan fingerprint density at radius 2 is 1.91 bits per heavy atom. The minimum absolute atomic E-state index is 0.0118. The summed E-state index contributed by atoms with van der Waals surface area (Å²) >= 11 is 5.89. The second-order valence-electron chi connectivity index (χ2n) is 6.31. The smallest absolute Gasteiger partial charge is 0.239 e. The lowest BCUT2D eigenvalue weighted by atomic mass is 9.87. The molecule has 0 saturated carbocycles. The number of halogens is 1. The Morgan fingerprint density at radius 1 is 1.23 bits per heavy atom. The summed E-state index contributed by atoms with van der Waals surface area (Å²) in [5, 5.41) is 14.5. The van der Waals surface area contributed by atoms with Crippen LogP contribution in [0.5, 0.6) is 0 Å². The Kier molecular flexibility index (Phi) is 5.01. The van der Waals surface area contributed by atoms with Crippen LogP contribution in [0, 0.1) is 5.92 Å². The van der Waals surface area contributed by atoms with Crippen molar-refractivity contribution in [2.45, 2.75) is 37.8 Å². The molecule has 0 bridgehead atoms. The average molecular weight is 323 g/mol. The van der Waals surface area contributed by atoms with Crippen LogP contribution in [0.4, 0.5) is 0 Å². The third-order valence-corrected chi connectivity index (χ3v) is 5.12. The number of likely N-dealkylation sites (tertiary alicyclic amines) is 1. The molecule has 0 aliphatic carbocycles. The lowest BCUT2D eigenvalue weighted by Gasteiger charge is -2.35. The van der Waals surface area contributed by atoms with Crippen LogP contribution in [0.3, 0.4) is 0 Å². The first-order valence-electron chi connectivity index (χ1n) is 8.11. The van der Waals surface area contributed by atoms with Crippen LogP contribution in [-0.4, -0.2) is 41.6 Å². The molecule has 2 aliphatic heterocycles. The number of nitrogens with one attached hydrogen (secondary N) is 1. The van der Waals surface area contributed by atoms with Gasteiger partial charge in [0.05, 0.1) is 12.1 Å². The molecule has 0 spiro atoms. The zero-order valence-electron chi connectivity index (χ0n) is 12.7. The van der Waals surface area contributed by atoms with E-state index in [2.05, 4.69) is 5.32 Å². The zero-order valence-corrected chi connectivity index (χ0v) is 13.4. The largest absolute Gasteiger partial charge is 0.388 e. The van der Waals surface area contributed by atoms with Crippen molar-refractivity contribution in [2.24, 2.45) is 5.92 Å². The minimum atomic E-state index is -0.473. The predicted molar refractivity (Wildman–Crippen MR) is 86.7 cm³/mol. The Labute approximate surface area is 136 Å². The average Bonchev–Trinajstić information content (AvgIpc) is 3.09. The first-order valence-corrected chi connectivity index (χ1v) is 8.48. The van der Waals surface area contributed by atoms with Crippen molar-refractivity contribution in [1.29, 1.82) is 0 Å². The fraction of sp³-hybridized carbons (Fsp3) is 0.588. The summed E-state index contributed by atoms with van der Waals surface area (Å²) in [6.07, 6.45) is 3.26. The number of aliphatic hydroxyl groups excluding tert-OH is 1. The highest BCUT2D eigenvalue weighted by molar-refractivity contribution is 6.30. The van der Waals surface area contributed by atoms with Crippen molar-refractivity contribution in [3.63, 3.8) is 0 Å². The van der Waals surface area contributed by atoms with E-state index in [0.29, 0.717) is 5.02 Å². The van der Waals surface area contributed by atoms with Gasteiger partial charge in [-0.05, 0) is 55.8 Å². The monoisotopic (exact) mass is 322 g/mol. The highest BCUT2D eigenvalue weighted by Crippen LogP contribution is 2.31.